The van der Waals surface area contributed by atoms with Crippen LogP contribution in [0.5, 0.6) is 0 Å². The van der Waals surface area contributed by atoms with Gasteiger partial charge in [-0.1, -0.05) is 23.7 Å². The van der Waals surface area contributed by atoms with Crippen molar-refractivity contribution in [1.82, 2.24) is 14.1 Å². The standard InChI is InChI=1S/C18H22ClN5O2S/c1-14-11-20-18-10-17(21-13-24(14)18)22-5-7-23(8-6-22)27(25,26)12-15-3-2-4-16(19)9-15/h2-4,9-10,13-14H,5-8,11-12H2,1H3/t14-/m0/s1. The lowest BCUT2D eigenvalue weighted by Gasteiger charge is -2.36. The van der Waals surface area contributed by atoms with E-state index in [0.29, 0.717) is 42.8 Å². The van der Waals surface area contributed by atoms with E-state index in [1.54, 1.807) is 28.6 Å². The molecule has 1 saturated heterocycles. The Hall–Kier alpha value is -1.90. The fourth-order valence-electron chi connectivity index (χ4n) is 3.49. The third kappa shape index (κ3) is 3.88. The number of benzene rings is 1. The molecule has 1 atom stereocenters. The number of aliphatic imine (C=N–C) groups is 2. The van der Waals surface area contributed by atoms with E-state index < -0.39 is 10.0 Å². The second kappa shape index (κ2) is 7.26. The van der Waals surface area contributed by atoms with Crippen LogP contribution >= 0.6 is 11.6 Å². The van der Waals surface area contributed by atoms with Gasteiger partial charge < -0.3 is 9.80 Å². The summed E-state index contributed by atoms with van der Waals surface area (Å²) in [6.07, 6.45) is 3.81. The first kappa shape index (κ1) is 18.5. The minimum absolute atomic E-state index is 0.0297. The monoisotopic (exact) mass is 407 g/mol. The summed E-state index contributed by atoms with van der Waals surface area (Å²) in [5.74, 6) is 1.76. The number of hydrogen-bond acceptors (Lipinski definition) is 6. The van der Waals surface area contributed by atoms with Crippen molar-refractivity contribution in [2.45, 2.75) is 18.7 Å². The van der Waals surface area contributed by atoms with Crippen LogP contribution in [0, 0.1) is 0 Å². The Bertz CT molecular complexity index is 919. The Morgan fingerprint density at radius 1 is 1.22 bits per heavy atom. The van der Waals surface area contributed by atoms with Crippen molar-refractivity contribution in [2.75, 3.05) is 32.7 Å². The zero-order chi connectivity index (χ0) is 19.0. The zero-order valence-electron chi connectivity index (χ0n) is 15.1. The SMILES string of the molecule is C[C@H]1CN=C2C=C(N3CCN(S(=O)(=O)Cc4cccc(Cl)c4)CC3)N=CN21. The fraction of sp³-hybridized carbons (Fsp3) is 0.444. The molecule has 1 fully saturated rings. The van der Waals surface area contributed by atoms with Crippen LogP contribution in [-0.4, -0.2) is 73.5 Å². The van der Waals surface area contributed by atoms with Crippen LogP contribution in [0.4, 0.5) is 0 Å². The summed E-state index contributed by atoms with van der Waals surface area (Å²) < 4.78 is 27.0. The van der Waals surface area contributed by atoms with E-state index in [9.17, 15) is 8.42 Å². The van der Waals surface area contributed by atoms with Crippen molar-refractivity contribution in [3.8, 4) is 0 Å². The van der Waals surface area contributed by atoms with Gasteiger partial charge in [-0.3, -0.25) is 4.99 Å². The molecule has 9 heteroatoms. The van der Waals surface area contributed by atoms with Crippen molar-refractivity contribution < 1.29 is 8.42 Å². The maximum Gasteiger partial charge on any atom is 0.218 e. The van der Waals surface area contributed by atoms with Gasteiger partial charge in [-0.15, -0.1) is 0 Å². The van der Waals surface area contributed by atoms with Gasteiger partial charge in [-0.05, 0) is 24.6 Å². The van der Waals surface area contributed by atoms with E-state index in [4.69, 9.17) is 11.6 Å². The number of hydrogen-bond donors (Lipinski definition) is 0. The average Bonchev–Trinajstić information content (AvgIpc) is 3.02. The first-order chi connectivity index (χ1) is 12.9. The van der Waals surface area contributed by atoms with Crippen LogP contribution in [-0.2, 0) is 15.8 Å². The van der Waals surface area contributed by atoms with Crippen LogP contribution in [0.2, 0.25) is 5.02 Å². The van der Waals surface area contributed by atoms with Crippen LogP contribution in [0.15, 0.2) is 46.1 Å². The quantitative estimate of drug-likeness (QED) is 0.762. The van der Waals surface area contributed by atoms with E-state index in [1.165, 1.54) is 0 Å². The molecule has 7 nitrogen and oxygen atoms in total. The fourth-order valence-corrected chi connectivity index (χ4v) is 5.20. The Balaban J connectivity index is 1.39. The van der Waals surface area contributed by atoms with Crippen LogP contribution < -0.4 is 0 Å². The van der Waals surface area contributed by atoms with E-state index >= 15 is 0 Å². The van der Waals surface area contributed by atoms with Crippen molar-refractivity contribution in [3.05, 3.63) is 46.7 Å². The number of sulfonamides is 1. The molecule has 4 rings (SSSR count). The summed E-state index contributed by atoms with van der Waals surface area (Å²) >= 11 is 5.96. The van der Waals surface area contributed by atoms with Gasteiger partial charge in [0.05, 0.1) is 24.7 Å². The predicted octanol–water partition coefficient (Wildman–Crippen LogP) is 1.77. The Morgan fingerprint density at radius 2 is 2.00 bits per heavy atom. The van der Waals surface area contributed by atoms with Gasteiger partial charge in [0.2, 0.25) is 10.0 Å². The molecule has 3 aliphatic rings. The third-order valence-electron chi connectivity index (χ3n) is 5.02. The lowest BCUT2D eigenvalue weighted by atomic mass is 10.2. The van der Waals surface area contributed by atoms with Crippen LogP contribution in [0.1, 0.15) is 12.5 Å². The zero-order valence-corrected chi connectivity index (χ0v) is 16.7. The molecule has 0 radical (unpaired) electrons. The van der Waals surface area contributed by atoms with Crippen molar-refractivity contribution >= 4 is 33.8 Å². The minimum Gasteiger partial charge on any atom is -0.354 e. The lowest BCUT2D eigenvalue weighted by Crippen LogP contribution is -2.49. The number of piperazine rings is 1. The maximum absolute atomic E-state index is 12.7. The van der Waals surface area contributed by atoms with Gasteiger partial charge in [-0.25, -0.2) is 13.4 Å². The summed E-state index contributed by atoms with van der Waals surface area (Å²) in [7, 11) is -3.37. The maximum atomic E-state index is 12.7. The molecule has 0 bridgehead atoms. The molecule has 0 aliphatic carbocycles. The molecule has 1 aromatic carbocycles. The normalized spacial score (nSPS) is 23.3. The average molecular weight is 408 g/mol. The summed E-state index contributed by atoms with van der Waals surface area (Å²) in [5, 5.41) is 0.549. The van der Waals surface area contributed by atoms with Gasteiger partial charge >= 0.3 is 0 Å². The highest BCUT2D eigenvalue weighted by atomic mass is 35.5. The molecular weight excluding hydrogens is 386 g/mol. The smallest absolute Gasteiger partial charge is 0.218 e. The predicted molar refractivity (Wildman–Crippen MR) is 107 cm³/mol. The van der Waals surface area contributed by atoms with Gasteiger partial charge in [0, 0.05) is 37.3 Å². The molecule has 0 N–H and O–H groups in total. The summed E-state index contributed by atoms with van der Waals surface area (Å²) in [6, 6.07) is 7.34. The second-order valence-electron chi connectivity index (χ2n) is 6.97. The Labute approximate surface area is 164 Å². The molecule has 27 heavy (non-hydrogen) atoms. The van der Waals surface area contributed by atoms with Gasteiger partial charge in [0.1, 0.15) is 11.7 Å². The van der Waals surface area contributed by atoms with E-state index in [-0.39, 0.29) is 5.75 Å². The number of nitrogens with zero attached hydrogens (tertiary/aromatic N) is 5. The highest BCUT2D eigenvalue weighted by Gasteiger charge is 2.30. The molecule has 3 aliphatic heterocycles. The summed E-state index contributed by atoms with van der Waals surface area (Å²) in [5.41, 5.74) is 0.706. The van der Waals surface area contributed by atoms with E-state index in [1.807, 2.05) is 12.4 Å². The number of halogens is 1. The van der Waals surface area contributed by atoms with Gasteiger partial charge in [-0.2, -0.15) is 4.31 Å². The minimum atomic E-state index is -3.37. The molecular formula is C18H22ClN5O2S. The molecule has 3 heterocycles. The van der Waals surface area contributed by atoms with Crippen LogP contribution in [0.3, 0.4) is 0 Å². The first-order valence-corrected chi connectivity index (χ1v) is 11.0. The van der Waals surface area contributed by atoms with Gasteiger partial charge in [0.15, 0.2) is 0 Å². The van der Waals surface area contributed by atoms with Crippen molar-refractivity contribution in [3.63, 3.8) is 0 Å². The third-order valence-corrected chi connectivity index (χ3v) is 7.11. The molecule has 144 valence electrons. The lowest BCUT2D eigenvalue weighted by molar-refractivity contribution is 0.226. The molecule has 0 saturated carbocycles. The van der Waals surface area contributed by atoms with E-state index in [2.05, 4.69) is 26.7 Å². The summed E-state index contributed by atoms with van der Waals surface area (Å²) in [4.78, 5) is 13.2. The van der Waals surface area contributed by atoms with Gasteiger partial charge in [0.25, 0.3) is 0 Å². The topological polar surface area (TPSA) is 68.6 Å². The molecule has 1 aromatic rings. The number of rotatable bonds is 4. The highest BCUT2D eigenvalue weighted by Crippen LogP contribution is 2.21. The number of fused-ring (bicyclic) bond motifs is 1. The molecule has 0 aromatic heterocycles. The second-order valence-corrected chi connectivity index (χ2v) is 9.38. The van der Waals surface area contributed by atoms with Crippen molar-refractivity contribution in [2.24, 2.45) is 9.98 Å². The summed E-state index contributed by atoms with van der Waals surface area (Å²) in [6.45, 7) is 5.01. The Morgan fingerprint density at radius 3 is 2.74 bits per heavy atom. The van der Waals surface area contributed by atoms with Crippen molar-refractivity contribution in [1.29, 1.82) is 0 Å². The Kier molecular flexibility index (Phi) is 4.96. The largest absolute Gasteiger partial charge is 0.354 e. The van der Waals surface area contributed by atoms with E-state index in [0.717, 1.165) is 18.2 Å². The molecule has 0 unspecified atom stereocenters. The first-order valence-electron chi connectivity index (χ1n) is 8.98. The number of amidine groups is 1. The highest BCUT2D eigenvalue weighted by molar-refractivity contribution is 7.88. The molecule has 0 amide bonds. The van der Waals surface area contributed by atoms with Crippen LogP contribution in [0.25, 0.3) is 0 Å². The molecule has 0 spiro atoms.